The fourth-order valence-electron chi connectivity index (χ4n) is 1.98. The standard InChI is InChI=1S/C14H15F2NO/c1-2-17-14(5-10-3-4-18-9-10)11-6-12(15)8-13(16)7-11/h3-4,6-9,14,17H,2,5H2,1H3. The van der Waals surface area contributed by atoms with Gasteiger partial charge in [-0.15, -0.1) is 0 Å². The van der Waals surface area contributed by atoms with E-state index in [9.17, 15) is 8.78 Å². The van der Waals surface area contributed by atoms with Gasteiger partial charge in [-0.05, 0) is 42.3 Å². The maximum atomic E-state index is 13.2. The van der Waals surface area contributed by atoms with Crippen molar-refractivity contribution in [2.45, 2.75) is 19.4 Å². The lowest BCUT2D eigenvalue weighted by molar-refractivity contribution is 0.522. The highest BCUT2D eigenvalue weighted by molar-refractivity contribution is 5.23. The Labute approximate surface area is 105 Å². The van der Waals surface area contributed by atoms with Gasteiger partial charge < -0.3 is 9.73 Å². The lowest BCUT2D eigenvalue weighted by atomic mass is 10.00. The molecule has 0 saturated carbocycles. The summed E-state index contributed by atoms with van der Waals surface area (Å²) >= 11 is 0. The summed E-state index contributed by atoms with van der Waals surface area (Å²) in [5, 5.41) is 3.22. The summed E-state index contributed by atoms with van der Waals surface area (Å²) < 4.78 is 31.4. The van der Waals surface area contributed by atoms with E-state index >= 15 is 0 Å². The van der Waals surface area contributed by atoms with Crippen molar-refractivity contribution < 1.29 is 13.2 Å². The van der Waals surface area contributed by atoms with Gasteiger partial charge in [0.15, 0.2) is 0 Å². The fraction of sp³-hybridized carbons (Fsp3) is 0.286. The van der Waals surface area contributed by atoms with Gasteiger partial charge in [0.2, 0.25) is 0 Å². The molecule has 1 aromatic heterocycles. The second-order valence-corrected chi connectivity index (χ2v) is 4.15. The molecule has 4 heteroatoms. The van der Waals surface area contributed by atoms with E-state index in [1.807, 2.05) is 13.0 Å². The molecule has 0 aliphatic rings. The van der Waals surface area contributed by atoms with E-state index in [0.29, 0.717) is 12.0 Å². The third-order valence-electron chi connectivity index (χ3n) is 2.76. The van der Waals surface area contributed by atoms with Crippen molar-refractivity contribution in [3.8, 4) is 0 Å². The van der Waals surface area contributed by atoms with Gasteiger partial charge in [0.25, 0.3) is 0 Å². The van der Waals surface area contributed by atoms with Gasteiger partial charge in [0, 0.05) is 12.1 Å². The highest BCUT2D eigenvalue weighted by atomic mass is 19.1. The molecule has 0 saturated heterocycles. The summed E-state index contributed by atoms with van der Waals surface area (Å²) in [6.45, 7) is 2.68. The van der Waals surface area contributed by atoms with E-state index in [2.05, 4.69) is 5.32 Å². The largest absolute Gasteiger partial charge is 0.472 e. The van der Waals surface area contributed by atoms with Gasteiger partial charge in [0.05, 0.1) is 12.5 Å². The van der Waals surface area contributed by atoms with E-state index in [1.165, 1.54) is 12.1 Å². The van der Waals surface area contributed by atoms with E-state index in [4.69, 9.17) is 4.42 Å². The first-order chi connectivity index (χ1) is 8.69. The van der Waals surface area contributed by atoms with Crippen LogP contribution in [0.15, 0.2) is 41.2 Å². The predicted molar refractivity (Wildman–Crippen MR) is 65.2 cm³/mol. The average molecular weight is 251 g/mol. The second kappa shape index (κ2) is 5.78. The molecule has 0 aliphatic heterocycles. The first kappa shape index (κ1) is 12.8. The third kappa shape index (κ3) is 3.17. The number of likely N-dealkylation sites (N-methyl/N-ethyl adjacent to an activating group) is 1. The van der Waals surface area contributed by atoms with Crippen molar-refractivity contribution in [1.82, 2.24) is 5.32 Å². The normalized spacial score (nSPS) is 12.6. The maximum Gasteiger partial charge on any atom is 0.126 e. The summed E-state index contributed by atoms with van der Waals surface area (Å²) in [5.41, 5.74) is 1.60. The number of hydrogen-bond acceptors (Lipinski definition) is 2. The van der Waals surface area contributed by atoms with Gasteiger partial charge in [-0.25, -0.2) is 8.78 Å². The number of halogens is 2. The number of rotatable bonds is 5. The van der Waals surface area contributed by atoms with E-state index in [-0.39, 0.29) is 6.04 Å². The Morgan fingerprint density at radius 3 is 2.50 bits per heavy atom. The van der Waals surface area contributed by atoms with Crippen LogP contribution in [-0.4, -0.2) is 6.54 Å². The van der Waals surface area contributed by atoms with Crippen LogP contribution in [0, 0.1) is 11.6 Å². The molecule has 1 heterocycles. The monoisotopic (exact) mass is 251 g/mol. The molecule has 2 aromatic rings. The zero-order valence-corrected chi connectivity index (χ0v) is 10.1. The summed E-state index contributed by atoms with van der Waals surface area (Å²) in [4.78, 5) is 0. The minimum atomic E-state index is -0.555. The predicted octanol–water partition coefficient (Wildman–Crippen LogP) is 3.45. The van der Waals surface area contributed by atoms with Crippen LogP contribution in [0.4, 0.5) is 8.78 Å². The molecule has 96 valence electrons. The summed E-state index contributed by atoms with van der Waals surface area (Å²) in [5.74, 6) is -1.11. The van der Waals surface area contributed by atoms with Gasteiger partial charge in [-0.3, -0.25) is 0 Å². The smallest absolute Gasteiger partial charge is 0.126 e. The Morgan fingerprint density at radius 2 is 1.94 bits per heavy atom. The molecule has 0 spiro atoms. The van der Waals surface area contributed by atoms with Gasteiger partial charge >= 0.3 is 0 Å². The Hall–Kier alpha value is -1.68. The Bertz CT molecular complexity index is 476. The zero-order chi connectivity index (χ0) is 13.0. The molecule has 0 aliphatic carbocycles. The molecule has 0 amide bonds. The molecule has 0 fully saturated rings. The summed E-state index contributed by atoms with van der Waals surface area (Å²) in [6, 6.07) is 5.31. The molecule has 0 radical (unpaired) electrons. The lowest BCUT2D eigenvalue weighted by Gasteiger charge is -2.17. The van der Waals surface area contributed by atoms with Crippen LogP contribution >= 0.6 is 0 Å². The van der Waals surface area contributed by atoms with Crippen LogP contribution < -0.4 is 5.32 Å². The SMILES string of the molecule is CCNC(Cc1ccoc1)c1cc(F)cc(F)c1. The Balaban J connectivity index is 2.23. The van der Waals surface area contributed by atoms with Crippen molar-refractivity contribution in [2.75, 3.05) is 6.54 Å². The molecule has 1 aromatic carbocycles. The number of hydrogen-bond donors (Lipinski definition) is 1. The van der Waals surface area contributed by atoms with Gasteiger partial charge in [-0.1, -0.05) is 6.92 Å². The summed E-state index contributed by atoms with van der Waals surface area (Å²) in [6.07, 6.45) is 3.86. The van der Waals surface area contributed by atoms with Crippen LogP contribution in [0.5, 0.6) is 0 Å². The van der Waals surface area contributed by atoms with Crippen LogP contribution in [0.2, 0.25) is 0 Å². The lowest BCUT2D eigenvalue weighted by Crippen LogP contribution is -2.23. The molecule has 2 nitrogen and oxygen atoms in total. The first-order valence-electron chi connectivity index (χ1n) is 5.89. The van der Waals surface area contributed by atoms with E-state index in [1.54, 1.807) is 12.5 Å². The van der Waals surface area contributed by atoms with E-state index in [0.717, 1.165) is 18.2 Å². The molecular formula is C14H15F2NO. The van der Waals surface area contributed by atoms with Crippen molar-refractivity contribution in [2.24, 2.45) is 0 Å². The first-order valence-corrected chi connectivity index (χ1v) is 5.89. The quantitative estimate of drug-likeness (QED) is 0.880. The van der Waals surface area contributed by atoms with Crippen LogP contribution in [-0.2, 0) is 6.42 Å². The van der Waals surface area contributed by atoms with Gasteiger partial charge in [-0.2, -0.15) is 0 Å². The Morgan fingerprint density at radius 1 is 1.22 bits per heavy atom. The molecule has 1 N–H and O–H groups in total. The van der Waals surface area contributed by atoms with Crippen molar-refractivity contribution in [3.05, 3.63) is 59.6 Å². The highest BCUT2D eigenvalue weighted by Gasteiger charge is 2.14. The molecular weight excluding hydrogens is 236 g/mol. The maximum absolute atomic E-state index is 13.2. The molecule has 2 rings (SSSR count). The zero-order valence-electron chi connectivity index (χ0n) is 10.1. The van der Waals surface area contributed by atoms with E-state index < -0.39 is 11.6 Å². The number of furan rings is 1. The average Bonchev–Trinajstić information content (AvgIpc) is 2.80. The fourth-order valence-corrected chi connectivity index (χ4v) is 1.98. The Kier molecular flexibility index (Phi) is 4.10. The summed E-state index contributed by atoms with van der Waals surface area (Å²) in [7, 11) is 0. The minimum Gasteiger partial charge on any atom is -0.472 e. The van der Waals surface area contributed by atoms with Gasteiger partial charge in [0.1, 0.15) is 11.6 Å². The topological polar surface area (TPSA) is 25.2 Å². The number of benzene rings is 1. The number of nitrogens with one attached hydrogen (secondary N) is 1. The molecule has 18 heavy (non-hydrogen) atoms. The molecule has 1 atom stereocenters. The second-order valence-electron chi connectivity index (χ2n) is 4.15. The minimum absolute atomic E-state index is 0.127. The van der Waals surface area contributed by atoms with Crippen LogP contribution in [0.25, 0.3) is 0 Å². The van der Waals surface area contributed by atoms with Crippen molar-refractivity contribution in [3.63, 3.8) is 0 Å². The van der Waals surface area contributed by atoms with Crippen molar-refractivity contribution in [1.29, 1.82) is 0 Å². The van der Waals surface area contributed by atoms with Crippen LogP contribution in [0.1, 0.15) is 24.1 Å². The van der Waals surface area contributed by atoms with Crippen molar-refractivity contribution >= 4 is 0 Å². The molecule has 1 unspecified atom stereocenters. The molecule has 0 bridgehead atoms. The highest BCUT2D eigenvalue weighted by Crippen LogP contribution is 2.20. The van der Waals surface area contributed by atoms with Crippen LogP contribution in [0.3, 0.4) is 0 Å². The third-order valence-corrected chi connectivity index (χ3v) is 2.76.